The topological polar surface area (TPSA) is 41.1 Å². The Bertz CT molecular complexity index is 407. The summed E-state index contributed by atoms with van der Waals surface area (Å²) in [5.74, 6) is -0.0933. The van der Waals surface area contributed by atoms with E-state index in [2.05, 4.69) is 26.6 Å². The van der Waals surface area contributed by atoms with E-state index in [-0.39, 0.29) is 5.91 Å². The molecule has 1 amide bonds. The Balaban J connectivity index is 2.82. The van der Waals surface area contributed by atoms with Gasteiger partial charge in [0, 0.05) is 10.2 Å². The number of hydrogen-bond donors (Lipinski definition) is 2. The number of likely N-dealkylation sites (N-methyl/N-ethyl adjacent to an activating group) is 1. The Morgan fingerprint density at radius 2 is 2.06 bits per heavy atom. The van der Waals surface area contributed by atoms with Gasteiger partial charge in [0.2, 0.25) is 5.91 Å². The molecule has 2 N–H and O–H groups in total. The van der Waals surface area contributed by atoms with Gasteiger partial charge < -0.3 is 10.6 Å². The van der Waals surface area contributed by atoms with Gasteiger partial charge in [0.25, 0.3) is 0 Å². The molecule has 0 bridgehead atoms. The van der Waals surface area contributed by atoms with Crippen LogP contribution in [0.1, 0.15) is 13.8 Å². The number of carbonyl (C=O) groups excluding carboxylic acids is 1. The van der Waals surface area contributed by atoms with Gasteiger partial charge in [-0.05, 0) is 55.0 Å². The summed E-state index contributed by atoms with van der Waals surface area (Å²) >= 11 is 9.17. The van der Waals surface area contributed by atoms with Gasteiger partial charge in [0.15, 0.2) is 0 Å². The quantitative estimate of drug-likeness (QED) is 0.901. The molecular formula is C11H14BrClN2O. The van der Waals surface area contributed by atoms with E-state index in [0.29, 0.717) is 10.7 Å². The molecule has 0 aliphatic rings. The molecule has 1 aromatic rings. The van der Waals surface area contributed by atoms with Crippen molar-refractivity contribution in [2.45, 2.75) is 19.4 Å². The predicted octanol–water partition coefficient (Wildman–Crippen LogP) is 3.04. The average Bonchev–Trinajstić information content (AvgIpc) is 2.23. The maximum Gasteiger partial charge on any atom is 0.244 e. The van der Waals surface area contributed by atoms with Crippen LogP contribution in [0, 0.1) is 0 Å². The van der Waals surface area contributed by atoms with Crippen LogP contribution in [0.15, 0.2) is 22.7 Å². The maximum atomic E-state index is 11.8. The van der Waals surface area contributed by atoms with Gasteiger partial charge in [0.05, 0.1) is 10.6 Å². The second kappa shape index (κ2) is 5.17. The summed E-state index contributed by atoms with van der Waals surface area (Å²) in [5.41, 5.74) is 0.108. The van der Waals surface area contributed by atoms with Crippen LogP contribution in [-0.2, 0) is 4.79 Å². The maximum absolute atomic E-state index is 11.8. The summed E-state index contributed by atoms with van der Waals surface area (Å²) in [5, 5.41) is 6.37. The standard InChI is InChI=1S/C11H14BrClN2O/c1-11(2,14-3)10(16)15-7-4-5-9(13)8(12)6-7/h4-6,14H,1-3H3,(H,15,16). The Labute approximate surface area is 109 Å². The van der Waals surface area contributed by atoms with E-state index in [4.69, 9.17) is 11.6 Å². The molecule has 0 atom stereocenters. The van der Waals surface area contributed by atoms with Gasteiger partial charge in [-0.25, -0.2) is 0 Å². The summed E-state index contributed by atoms with van der Waals surface area (Å²) in [6.45, 7) is 3.63. The van der Waals surface area contributed by atoms with Crippen LogP contribution in [0.25, 0.3) is 0 Å². The van der Waals surface area contributed by atoms with Crippen molar-refractivity contribution in [3.05, 3.63) is 27.7 Å². The minimum Gasteiger partial charge on any atom is -0.324 e. The molecule has 88 valence electrons. The number of carbonyl (C=O) groups is 1. The van der Waals surface area contributed by atoms with Crippen molar-refractivity contribution in [3.63, 3.8) is 0 Å². The number of benzene rings is 1. The van der Waals surface area contributed by atoms with E-state index in [1.54, 1.807) is 25.2 Å². The predicted molar refractivity (Wildman–Crippen MR) is 70.9 cm³/mol. The van der Waals surface area contributed by atoms with E-state index < -0.39 is 5.54 Å². The van der Waals surface area contributed by atoms with E-state index in [1.165, 1.54) is 0 Å². The minimum atomic E-state index is -0.605. The van der Waals surface area contributed by atoms with E-state index in [9.17, 15) is 4.79 Å². The molecule has 0 spiro atoms. The van der Waals surface area contributed by atoms with Gasteiger partial charge in [-0.1, -0.05) is 11.6 Å². The molecule has 3 nitrogen and oxygen atoms in total. The Kier molecular flexibility index (Phi) is 4.35. The lowest BCUT2D eigenvalue weighted by atomic mass is 10.1. The molecule has 0 saturated carbocycles. The van der Waals surface area contributed by atoms with Crippen molar-refractivity contribution in [1.29, 1.82) is 0 Å². The molecule has 1 aromatic carbocycles. The van der Waals surface area contributed by atoms with Gasteiger partial charge in [0.1, 0.15) is 0 Å². The molecule has 0 aliphatic heterocycles. The van der Waals surface area contributed by atoms with Crippen LogP contribution >= 0.6 is 27.5 Å². The van der Waals surface area contributed by atoms with Crippen LogP contribution in [0.3, 0.4) is 0 Å². The van der Waals surface area contributed by atoms with E-state index in [1.807, 2.05) is 13.8 Å². The van der Waals surface area contributed by atoms with Gasteiger partial charge in [-0.15, -0.1) is 0 Å². The third-order valence-corrected chi connectivity index (χ3v) is 3.58. The third kappa shape index (κ3) is 3.20. The highest BCUT2D eigenvalue weighted by Gasteiger charge is 2.25. The highest BCUT2D eigenvalue weighted by molar-refractivity contribution is 9.10. The second-order valence-corrected chi connectivity index (χ2v) is 5.22. The van der Waals surface area contributed by atoms with Crippen LogP contribution < -0.4 is 10.6 Å². The fourth-order valence-electron chi connectivity index (χ4n) is 0.975. The van der Waals surface area contributed by atoms with E-state index >= 15 is 0 Å². The van der Waals surface area contributed by atoms with Gasteiger partial charge in [-0.2, -0.15) is 0 Å². The third-order valence-electron chi connectivity index (χ3n) is 2.37. The summed E-state index contributed by atoms with van der Waals surface area (Å²) in [6, 6.07) is 5.26. The first-order valence-electron chi connectivity index (χ1n) is 4.82. The zero-order valence-electron chi connectivity index (χ0n) is 9.40. The number of hydrogen-bond acceptors (Lipinski definition) is 2. The second-order valence-electron chi connectivity index (χ2n) is 3.96. The summed E-state index contributed by atoms with van der Waals surface area (Å²) < 4.78 is 0.759. The zero-order chi connectivity index (χ0) is 12.3. The highest BCUT2D eigenvalue weighted by Crippen LogP contribution is 2.25. The first-order valence-corrected chi connectivity index (χ1v) is 5.99. The summed E-state index contributed by atoms with van der Waals surface area (Å²) in [4.78, 5) is 11.8. The molecule has 5 heteroatoms. The fraction of sp³-hybridized carbons (Fsp3) is 0.364. The number of nitrogens with one attached hydrogen (secondary N) is 2. The first-order chi connectivity index (χ1) is 7.36. The monoisotopic (exact) mass is 304 g/mol. The molecule has 16 heavy (non-hydrogen) atoms. The molecule has 0 radical (unpaired) electrons. The van der Waals surface area contributed by atoms with Crippen molar-refractivity contribution < 1.29 is 4.79 Å². The SMILES string of the molecule is CNC(C)(C)C(=O)Nc1ccc(Cl)c(Br)c1. The molecule has 0 aromatic heterocycles. The highest BCUT2D eigenvalue weighted by atomic mass is 79.9. The average molecular weight is 306 g/mol. The lowest BCUT2D eigenvalue weighted by Gasteiger charge is -2.22. The van der Waals surface area contributed by atoms with Crippen LogP contribution in [-0.4, -0.2) is 18.5 Å². The number of rotatable bonds is 3. The minimum absolute atomic E-state index is 0.0933. The van der Waals surface area contributed by atoms with Gasteiger partial charge in [-0.3, -0.25) is 4.79 Å². The lowest BCUT2D eigenvalue weighted by Crippen LogP contribution is -2.47. The smallest absolute Gasteiger partial charge is 0.244 e. The van der Waals surface area contributed by atoms with Crippen molar-refractivity contribution in [3.8, 4) is 0 Å². The number of anilines is 1. The largest absolute Gasteiger partial charge is 0.324 e. The summed E-state index contributed by atoms with van der Waals surface area (Å²) in [7, 11) is 1.75. The molecule has 0 heterocycles. The molecular weight excluding hydrogens is 291 g/mol. The number of amides is 1. The van der Waals surface area contributed by atoms with Crippen LogP contribution in [0.4, 0.5) is 5.69 Å². The number of halogens is 2. The zero-order valence-corrected chi connectivity index (χ0v) is 11.7. The normalized spacial score (nSPS) is 11.3. The Morgan fingerprint density at radius 1 is 1.44 bits per heavy atom. The van der Waals surface area contributed by atoms with Crippen molar-refractivity contribution in [1.82, 2.24) is 5.32 Å². The van der Waals surface area contributed by atoms with E-state index in [0.717, 1.165) is 4.47 Å². The molecule has 0 saturated heterocycles. The Morgan fingerprint density at radius 3 is 2.56 bits per heavy atom. The van der Waals surface area contributed by atoms with Crippen molar-refractivity contribution in [2.24, 2.45) is 0 Å². The Hall–Kier alpha value is -0.580. The van der Waals surface area contributed by atoms with Crippen molar-refractivity contribution in [2.75, 3.05) is 12.4 Å². The van der Waals surface area contributed by atoms with Crippen LogP contribution in [0.5, 0.6) is 0 Å². The molecule has 0 aliphatic carbocycles. The lowest BCUT2D eigenvalue weighted by molar-refractivity contribution is -0.121. The molecule has 0 unspecified atom stereocenters. The van der Waals surface area contributed by atoms with Crippen molar-refractivity contribution >= 4 is 39.1 Å². The molecule has 1 rings (SSSR count). The summed E-state index contributed by atoms with van der Waals surface area (Å²) in [6.07, 6.45) is 0. The fourth-order valence-corrected chi connectivity index (χ4v) is 1.47. The molecule has 0 fully saturated rings. The van der Waals surface area contributed by atoms with Crippen LogP contribution in [0.2, 0.25) is 5.02 Å². The van der Waals surface area contributed by atoms with Gasteiger partial charge >= 0.3 is 0 Å². The first kappa shape index (κ1) is 13.5.